The van der Waals surface area contributed by atoms with Gasteiger partial charge in [-0.05, 0) is 43.2 Å². The van der Waals surface area contributed by atoms with Gasteiger partial charge in [-0.15, -0.1) is 0 Å². The molecule has 0 unspecified atom stereocenters. The first-order chi connectivity index (χ1) is 14.8. The zero-order chi connectivity index (χ0) is 22.5. The molecule has 31 heavy (non-hydrogen) atoms. The number of anilines is 1. The van der Waals surface area contributed by atoms with E-state index >= 15 is 0 Å². The van der Waals surface area contributed by atoms with Crippen LogP contribution < -0.4 is 9.64 Å². The molecular formula is C24H28N2O5. The van der Waals surface area contributed by atoms with E-state index < -0.39 is 17.9 Å². The Bertz CT molecular complexity index is 937. The number of esters is 1. The number of nitrogens with zero attached hydrogens (tertiary/aromatic N) is 2. The molecule has 0 aromatic heterocycles. The van der Waals surface area contributed by atoms with Crippen LogP contribution in [-0.2, 0) is 19.1 Å². The largest absolute Gasteiger partial charge is 0.497 e. The summed E-state index contributed by atoms with van der Waals surface area (Å²) in [5.74, 6) is -0.749. The summed E-state index contributed by atoms with van der Waals surface area (Å²) in [6.45, 7) is 1.65. The van der Waals surface area contributed by atoms with Gasteiger partial charge in [-0.1, -0.05) is 29.8 Å². The number of rotatable bonds is 6. The molecule has 7 heteroatoms. The molecule has 164 valence electrons. The number of benzene rings is 2. The maximum Gasteiger partial charge on any atom is 0.311 e. The minimum atomic E-state index is -0.595. The van der Waals surface area contributed by atoms with Crippen LogP contribution in [0.1, 0.15) is 30.0 Å². The monoisotopic (exact) mass is 424 g/mol. The van der Waals surface area contributed by atoms with Gasteiger partial charge in [0, 0.05) is 26.2 Å². The fourth-order valence-corrected chi connectivity index (χ4v) is 3.70. The summed E-state index contributed by atoms with van der Waals surface area (Å²) in [6, 6.07) is 14.4. The van der Waals surface area contributed by atoms with Gasteiger partial charge in [0.25, 0.3) is 5.91 Å². The number of carbonyl (C=O) groups is 3. The Kier molecular flexibility index (Phi) is 6.95. The van der Waals surface area contributed by atoms with Crippen LogP contribution in [0.2, 0.25) is 0 Å². The van der Waals surface area contributed by atoms with Gasteiger partial charge < -0.3 is 19.3 Å². The third kappa shape index (κ3) is 5.05. The zero-order valence-electron chi connectivity index (χ0n) is 18.3. The van der Waals surface area contributed by atoms with E-state index in [4.69, 9.17) is 9.47 Å². The van der Waals surface area contributed by atoms with E-state index in [9.17, 15) is 14.4 Å². The van der Waals surface area contributed by atoms with Crippen molar-refractivity contribution in [3.63, 3.8) is 0 Å². The Morgan fingerprint density at radius 1 is 1.06 bits per heavy atom. The molecule has 2 atom stereocenters. The molecule has 0 N–H and O–H groups in total. The number of hydrogen-bond acceptors (Lipinski definition) is 5. The maximum absolute atomic E-state index is 13.0. The highest BCUT2D eigenvalue weighted by molar-refractivity contribution is 5.97. The van der Waals surface area contributed by atoms with Crippen molar-refractivity contribution in [1.29, 1.82) is 0 Å². The average molecular weight is 424 g/mol. The standard InChI is InChI=1S/C24H28N2O5/c1-16-5-9-18(10-6-16)26-21(27)14-13-20(24(29)31-15-22(28)25(2)3)23(26)17-7-11-19(30-4)12-8-17/h5-12,20,23H,13-15H2,1-4H3/t20-,23-/m1/s1. The van der Waals surface area contributed by atoms with Gasteiger partial charge in [-0.25, -0.2) is 0 Å². The van der Waals surface area contributed by atoms with E-state index in [1.54, 1.807) is 38.2 Å². The molecule has 0 spiro atoms. The van der Waals surface area contributed by atoms with Crippen LogP contribution in [-0.4, -0.2) is 50.5 Å². The van der Waals surface area contributed by atoms with Gasteiger partial charge in [0.2, 0.25) is 5.91 Å². The second-order valence-corrected chi connectivity index (χ2v) is 7.86. The number of amides is 2. The number of aryl methyl sites for hydroxylation is 1. The number of hydrogen-bond donors (Lipinski definition) is 0. The molecule has 2 aromatic rings. The summed E-state index contributed by atoms with van der Waals surface area (Å²) in [7, 11) is 4.79. The lowest BCUT2D eigenvalue weighted by atomic mass is 9.83. The van der Waals surface area contributed by atoms with E-state index in [-0.39, 0.29) is 24.8 Å². The van der Waals surface area contributed by atoms with Crippen LogP contribution in [0, 0.1) is 12.8 Å². The second kappa shape index (κ2) is 9.64. The van der Waals surface area contributed by atoms with Crippen molar-refractivity contribution in [2.75, 3.05) is 32.7 Å². The van der Waals surface area contributed by atoms with Crippen LogP contribution in [0.4, 0.5) is 5.69 Å². The molecule has 1 aliphatic rings. The lowest BCUT2D eigenvalue weighted by Crippen LogP contribution is -2.46. The van der Waals surface area contributed by atoms with Crippen molar-refractivity contribution < 1.29 is 23.9 Å². The highest BCUT2D eigenvalue weighted by atomic mass is 16.5. The quantitative estimate of drug-likeness (QED) is 0.666. The fraction of sp³-hybridized carbons (Fsp3) is 0.375. The average Bonchev–Trinajstić information content (AvgIpc) is 2.77. The van der Waals surface area contributed by atoms with Crippen LogP contribution >= 0.6 is 0 Å². The third-order valence-corrected chi connectivity index (χ3v) is 5.51. The first-order valence-corrected chi connectivity index (χ1v) is 10.2. The van der Waals surface area contributed by atoms with Crippen LogP contribution in [0.5, 0.6) is 5.75 Å². The molecule has 2 amide bonds. The molecule has 1 fully saturated rings. The minimum Gasteiger partial charge on any atom is -0.497 e. The predicted molar refractivity (Wildman–Crippen MR) is 117 cm³/mol. The Balaban J connectivity index is 1.97. The molecule has 1 heterocycles. The van der Waals surface area contributed by atoms with Crippen LogP contribution in [0.15, 0.2) is 48.5 Å². The summed E-state index contributed by atoms with van der Waals surface area (Å²) in [6.07, 6.45) is 0.578. The normalized spacial score (nSPS) is 18.5. The van der Waals surface area contributed by atoms with Crippen molar-refractivity contribution in [3.05, 3.63) is 59.7 Å². The molecule has 1 saturated heterocycles. The summed E-state index contributed by atoms with van der Waals surface area (Å²) in [5.41, 5.74) is 2.60. The molecule has 7 nitrogen and oxygen atoms in total. The number of ether oxygens (including phenoxy) is 2. The smallest absolute Gasteiger partial charge is 0.311 e. The van der Waals surface area contributed by atoms with Gasteiger partial charge in [-0.2, -0.15) is 0 Å². The maximum atomic E-state index is 13.0. The highest BCUT2D eigenvalue weighted by Gasteiger charge is 2.42. The number of carbonyl (C=O) groups excluding carboxylic acids is 3. The summed E-state index contributed by atoms with van der Waals surface area (Å²) >= 11 is 0. The Morgan fingerprint density at radius 2 is 1.71 bits per heavy atom. The third-order valence-electron chi connectivity index (χ3n) is 5.51. The minimum absolute atomic E-state index is 0.0573. The zero-order valence-corrected chi connectivity index (χ0v) is 18.3. The number of methoxy groups -OCH3 is 1. The summed E-state index contributed by atoms with van der Waals surface area (Å²) < 4.78 is 10.6. The number of likely N-dealkylation sites (N-methyl/N-ethyl adjacent to an activating group) is 1. The first kappa shape index (κ1) is 22.3. The highest BCUT2D eigenvalue weighted by Crippen LogP contribution is 2.41. The van der Waals surface area contributed by atoms with Crippen molar-refractivity contribution in [2.45, 2.75) is 25.8 Å². The predicted octanol–water partition coefficient (Wildman–Crippen LogP) is 3.12. The Hall–Kier alpha value is -3.35. The van der Waals surface area contributed by atoms with Crippen molar-refractivity contribution in [1.82, 2.24) is 4.90 Å². The van der Waals surface area contributed by atoms with E-state index in [1.165, 1.54) is 4.90 Å². The van der Waals surface area contributed by atoms with E-state index in [2.05, 4.69) is 0 Å². The molecule has 3 rings (SSSR count). The van der Waals surface area contributed by atoms with Gasteiger partial charge in [0.05, 0.1) is 19.1 Å². The number of piperidine rings is 1. The first-order valence-electron chi connectivity index (χ1n) is 10.2. The molecule has 1 aliphatic heterocycles. The molecule has 0 radical (unpaired) electrons. The second-order valence-electron chi connectivity index (χ2n) is 7.86. The summed E-state index contributed by atoms with van der Waals surface area (Å²) in [5, 5.41) is 0. The lowest BCUT2D eigenvalue weighted by Gasteiger charge is -2.40. The molecule has 0 bridgehead atoms. The van der Waals surface area contributed by atoms with Gasteiger partial charge in [-0.3, -0.25) is 14.4 Å². The molecule has 0 saturated carbocycles. The molecule has 0 aliphatic carbocycles. The van der Waals surface area contributed by atoms with E-state index in [0.717, 1.165) is 16.8 Å². The van der Waals surface area contributed by atoms with Crippen molar-refractivity contribution >= 4 is 23.5 Å². The van der Waals surface area contributed by atoms with Gasteiger partial charge in [0.1, 0.15) is 5.75 Å². The van der Waals surface area contributed by atoms with Gasteiger partial charge in [0.15, 0.2) is 6.61 Å². The Morgan fingerprint density at radius 3 is 2.29 bits per heavy atom. The van der Waals surface area contributed by atoms with Crippen LogP contribution in [0.25, 0.3) is 0 Å². The summed E-state index contributed by atoms with van der Waals surface area (Å²) in [4.78, 5) is 40.9. The molecule has 2 aromatic carbocycles. The van der Waals surface area contributed by atoms with E-state index in [1.807, 2.05) is 43.3 Å². The lowest BCUT2D eigenvalue weighted by molar-refractivity contribution is -0.156. The SMILES string of the molecule is COc1ccc([C@@H]2[C@H](C(=O)OCC(=O)N(C)C)CCC(=O)N2c2ccc(C)cc2)cc1. The van der Waals surface area contributed by atoms with Gasteiger partial charge >= 0.3 is 5.97 Å². The van der Waals surface area contributed by atoms with Crippen molar-refractivity contribution in [3.8, 4) is 5.75 Å². The van der Waals surface area contributed by atoms with E-state index in [0.29, 0.717) is 12.2 Å². The van der Waals surface area contributed by atoms with Crippen molar-refractivity contribution in [2.24, 2.45) is 5.92 Å². The fourth-order valence-electron chi connectivity index (χ4n) is 3.70. The molecular weight excluding hydrogens is 396 g/mol. The topological polar surface area (TPSA) is 76.1 Å². The Labute approximate surface area is 182 Å². The van der Waals surface area contributed by atoms with Crippen LogP contribution in [0.3, 0.4) is 0 Å².